The Labute approximate surface area is 128 Å². The third-order valence-electron chi connectivity index (χ3n) is 2.65. The van der Waals surface area contributed by atoms with E-state index in [1.165, 1.54) is 31.2 Å². The summed E-state index contributed by atoms with van der Waals surface area (Å²) in [5.74, 6) is -2.20. The van der Waals surface area contributed by atoms with Crippen molar-refractivity contribution in [3.8, 4) is 11.8 Å². The standard InChI is InChI=1S/C13H10F3N5O2/c1-7(23-9-4-2-8(6-17)3-5-9)10(22)18-12-19-11(20-21-12)13(14,15)16/h2-5,7H,1H3,(H2,18,19,20,21,22)/t7-/m0/s1. The van der Waals surface area contributed by atoms with Gasteiger partial charge in [0.25, 0.3) is 5.91 Å². The van der Waals surface area contributed by atoms with E-state index in [4.69, 9.17) is 10.00 Å². The molecule has 2 aromatic rings. The van der Waals surface area contributed by atoms with Gasteiger partial charge in [0, 0.05) is 0 Å². The first-order valence-electron chi connectivity index (χ1n) is 6.27. The van der Waals surface area contributed by atoms with E-state index in [9.17, 15) is 18.0 Å². The number of nitrogens with zero attached hydrogens (tertiary/aromatic N) is 3. The van der Waals surface area contributed by atoms with Crippen LogP contribution in [0.2, 0.25) is 0 Å². The number of nitriles is 1. The molecule has 0 saturated carbocycles. The molecule has 2 N–H and O–H groups in total. The molecule has 7 nitrogen and oxygen atoms in total. The van der Waals surface area contributed by atoms with Gasteiger partial charge in [-0.2, -0.15) is 23.4 Å². The molecule has 1 atom stereocenters. The van der Waals surface area contributed by atoms with Crippen molar-refractivity contribution in [2.45, 2.75) is 19.2 Å². The van der Waals surface area contributed by atoms with E-state index in [-0.39, 0.29) is 0 Å². The number of rotatable bonds is 4. The lowest BCUT2D eigenvalue weighted by atomic mass is 10.2. The Morgan fingerprint density at radius 3 is 2.57 bits per heavy atom. The van der Waals surface area contributed by atoms with Crippen molar-refractivity contribution in [1.29, 1.82) is 5.26 Å². The summed E-state index contributed by atoms with van der Waals surface area (Å²) < 4.78 is 42.4. The molecule has 1 amide bonds. The molecule has 0 aliphatic carbocycles. The molecule has 0 fully saturated rings. The largest absolute Gasteiger partial charge is 0.481 e. The summed E-state index contributed by atoms with van der Waals surface area (Å²) in [6.45, 7) is 1.41. The minimum atomic E-state index is -4.68. The lowest BCUT2D eigenvalue weighted by Gasteiger charge is -2.13. The fourth-order valence-electron chi connectivity index (χ4n) is 1.52. The number of benzene rings is 1. The Kier molecular flexibility index (Phi) is 4.49. The maximum atomic E-state index is 12.4. The van der Waals surface area contributed by atoms with E-state index in [2.05, 4.69) is 15.4 Å². The SMILES string of the molecule is C[C@H](Oc1ccc(C#N)cc1)C(=O)Nc1n[nH]c(C(F)(F)F)n1. The zero-order chi connectivity index (χ0) is 17.0. The highest BCUT2D eigenvalue weighted by atomic mass is 19.4. The molecule has 23 heavy (non-hydrogen) atoms. The number of alkyl halides is 3. The van der Waals surface area contributed by atoms with Gasteiger partial charge < -0.3 is 4.74 Å². The van der Waals surface area contributed by atoms with Gasteiger partial charge in [-0.05, 0) is 31.2 Å². The van der Waals surface area contributed by atoms with Gasteiger partial charge in [-0.25, -0.2) is 0 Å². The first-order chi connectivity index (χ1) is 10.8. The number of anilines is 1. The molecular formula is C13H10F3N5O2. The number of carbonyl (C=O) groups is 1. The second kappa shape index (κ2) is 6.35. The summed E-state index contributed by atoms with van der Waals surface area (Å²) in [6.07, 6.45) is -5.68. The maximum absolute atomic E-state index is 12.4. The lowest BCUT2D eigenvalue weighted by Crippen LogP contribution is -2.30. The molecule has 0 bridgehead atoms. The maximum Gasteiger partial charge on any atom is 0.451 e. The molecule has 1 heterocycles. The summed E-state index contributed by atoms with van der Waals surface area (Å²) >= 11 is 0. The van der Waals surface area contributed by atoms with E-state index in [1.54, 1.807) is 5.10 Å². The minimum absolute atomic E-state index is 0.331. The molecule has 0 spiro atoms. The number of aromatic amines is 1. The van der Waals surface area contributed by atoms with Gasteiger partial charge in [0.05, 0.1) is 11.6 Å². The third-order valence-corrected chi connectivity index (χ3v) is 2.65. The van der Waals surface area contributed by atoms with Gasteiger partial charge in [0.15, 0.2) is 6.10 Å². The van der Waals surface area contributed by atoms with Crippen molar-refractivity contribution >= 4 is 11.9 Å². The Morgan fingerprint density at radius 1 is 1.39 bits per heavy atom. The van der Waals surface area contributed by atoms with Crippen molar-refractivity contribution in [3.63, 3.8) is 0 Å². The van der Waals surface area contributed by atoms with Crippen LogP contribution in [-0.4, -0.2) is 27.2 Å². The molecule has 0 aliphatic heterocycles. The predicted molar refractivity (Wildman–Crippen MR) is 71.3 cm³/mol. The molecule has 120 valence electrons. The number of H-pyrrole nitrogens is 1. The highest BCUT2D eigenvalue weighted by molar-refractivity contribution is 5.92. The van der Waals surface area contributed by atoms with Crippen LogP contribution in [0.3, 0.4) is 0 Å². The van der Waals surface area contributed by atoms with Crippen LogP contribution in [0.25, 0.3) is 0 Å². The third kappa shape index (κ3) is 4.19. The van der Waals surface area contributed by atoms with E-state index in [0.717, 1.165) is 0 Å². The molecule has 0 radical (unpaired) electrons. The van der Waals surface area contributed by atoms with Gasteiger partial charge in [0.2, 0.25) is 11.8 Å². The van der Waals surface area contributed by atoms with Crippen molar-refractivity contribution < 1.29 is 22.7 Å². The van der Waals surface area contributed by atoms with Crippen molar-refractivity contribution in [1.82, 2.24) is 15.2 Å². The highest BCUT2D eigenvalue weighted by Crippen LogP contribution is 2.26. The smallest absolute Gasteiger partial charge is 0.451 e. The van der Waals surface area contributed by atoms with E-state index >= 15 is 0 Å². The van der Waals surface area contributed by atoms with Gasteiger partial charge in [-0.3, -0.25) is 15.2 Å². The quantitative estimate of drug-likeness (QED) is 0.896. The molecule has 0 unspecified atom stereocenters. The van der Waals surface area contributed by atoms with Gasteiger partial charge >= 0.3 is 6.18 Å². The van der Waals surface area contributed by atoms with E-state index in [0.29, 0.717) is 11.3 Å². The van der Waals surface area contributed by atoms with Crippen LogP contribution in [-0.2, 0) is 11.0 Å². The molecule has 1 aromatic carbocycles. The first kappa shape index (κ1) is 16.3. The molecule has 2 rings (SSSR count). The Bertz CT molecular complexity index is 733. The van der Waals surface area contributed by atoms with Crippen LogP contribution in [0, 0.1) is 11.3 Å². The van der Waals surface area contributed by atoms with E-state index < -0.39 is 30.0 Å². The van der Waals surface area contributed by atoms with Crippen LogP contribution in [0.15, 0.2) is 24.3 Å². The number of hydrogen-bond acceptors (Lipinski definition) is 5. The van der Waals surface area contributed by atoms with Crippen LogP contribution < -0.4 is 10.1 Å². The second-order valence-corrected chi connectivity index (χ2v) is 4.39. The zero-order valence-corrected chi connectivity index (χ0v) is 11.7. The Hall–Kier alpha value is -3.09. The van der Waals surface area contributed by atoms with Crippen molar-refractivity contribution in [2.24, 2.45) is 0 Å². The van der Waals surface area contributed by atoms with Crippen molar-refractivity contribution in [2.75, 3.05) is 5.32 Å². The number of hydrogen-bond donors (Lipinski definition) is 2. The lowest BCUT2D eigenvalue weighted by molar-refractivity contribution is -0.144. The topological polar surface area (TPSA) is 104 Å². The van der Waals surface area contributed by atoms with Crippen LogP contribution in [0.1, 0.15) is 18.3 Å². The normalized spacial score (nSPS) is 12.3. The van der Waals surface area contributed by atoms with Crippen LogP contribution in [0.4, 0.5) is 19.1 Å². The van der Waals surface area contributed by atoms with Crippen LogP contribution in [0.5, 0.6) is 5.75 Å². The molecule has 0 saturated heterocycles. The number of amides is 1. The number of ether oxygens (including phenoxy) is 1. The summed E-state index contributed by atoms with van der Waals surface area (Å²) in [4.78, 5) is 15.0. The Balaban J connectivity index is 1.97. The molecule has 1 aromatic heterocycles. The predicted octanol–water partition coefficient (Wildman–Crippen LogP) is 2.10. The number of aromatic nitrogens is 3. The number of carbonyl (C=O) groups excluding carboxylic acids is 1. The summed E-state index contributed by atoms with van der Waals surface area (Å²) in [7, 11) is 0. The van der Waals surface area contributed by atoms with E-state index in [1.807, 2.05) is 6.07 Å². The average molecular weight is 325 g/mol. The minimum Gasteiger partial charge on any atom is -0.481 e. The second-order valence-electron chi connectivity index (χ2n) is 4.39. The number of halogens is 3. The number of nitrogens with one attached hydrogen (secondary N) is 2. The highest BCUT2D eigenvalue weighted by Gasteiger charge is 2.35. The summed E-state index contributed by atoms with van der Waals surface area (Å²) in [6, 6.07) is 7.93. The van der Waals surface area contributed by atoms with Gasteiger partial charge in [-0.15, -0.1) is 5.10 Å². The molecule has 0 aliphatic rings. The van der Waals surface area contributed by atoms with Gasteiger partial charge in [0.1, 0.15) is 5.75 Å². The summed E-state index contributed by atoms with van der Waals surface area (Å²) in [5, 5.41) is 15.7. The molecular weight excluding hydrogens is 315 g/mol. The fraction of sp³-hybridized carbons (Fsp3) is 0.231. The zero-order valence-electron chi connectivity index (χ0n) is 11.7. The first-order valence-corrected chi connectivity index (χ1v) is 6.27. The van der Waals surface area contributed by atoms with Crippen molar-refractivity contribution in [3.05, 3.63) is 35.7 Å². The van der Waals surface area contributed by atoms with Gasteiger partial charge in [-0.1, -0.05) is 0 Å². The molecule has 10 heteroatoms. The Morgan fingerprint density at radius 2 is 2.04 bits per heavy atom. The fourth-order valence-corrected chi connectivity index (χ4v) is 1.52. The summed E-state index contributed by atoms with van der Waals surface area (Å²) in [5.41, 5.74) is 0.426. The monoisotopic (exact) mass is 325 g/mol. The average Bonchev–Trinajstić information content (AvgIpc) is 2.96. The van der Waals surface area contributed by atoms with Crippen LogP contribution >= 0.6 is 0 Å².